The lowest BCUT2D eigenvalue weighted by molar-refractivity contribution is -0.127. The van der Waals surface area contributed by atoms with E-state index in [0.29, 0.717) is 12.4 Å². The fourth-order valence-electron chi connectivity index (χ4n) is 2.87. The van der Waals surface area contributed by atoms with Crippen LogP contribution in [0.4, 0.5) is 5.95 Å². The molecule has 0 aliphatic carbocycles. The Balaban J connectivity index is 1.63. The molecule has 2 amide bonds. The largest absolute Gasteiger partial charge is 0.344 e. The number of carbonyl (C=O) groups excluding carboxylic acids is 2. The van der Waals surface area contributed by atoms with Crippen LogP contribution in [0.3, 0.4) is 0 Å². The van der Waals surface area contributed by atoms with Crippen LogP contribution >= 0.6 is 0 Å². The summed E-state index contributed by atoms with van der Waals surface area (Å²) < 4.78 is 0. The number of aromatic amines is 1. The zero-order valence-electron chi connectivity index (χ0n) is 14.8. The van der Waals surface area contributed by atoms with E-state index in [1.54, 1.807) is 6.92 Å². The fraction of sp³-hybridized carbons (Fsp3) is 0.250. The van der Waals surface area contributed by atoms with E-state index in [9.17, 15) is 9.59 Å². The highest BCUT2D eigenvalue weighted by atomic mass is 16.2. The third-order valence-corrected chi connectivity index (χ3v) is 4.31. The van der Waals surface area contributed by atoms with Gasteiger partial charge in [0.1, 0.15) is 6.04 Å². The van der Waals surface area contributed by atoms with E-state index in [0.717, 1.165) is 16.6 Å². The van der Waals surface area contributed by atoms with Crippen molar-refractivity contribution in [3.8, 4) is 0 Å². The number of nitrogens with one attached hydrogen (secondary N) is 3. The van der Waals surface area contributed by atoms with Crippen LogP contribution in [0.5, 0.6) is 0 Å². The Hall–Kier alpha value is -3.15. The first-order chi connectivity index (χ1) is 12.6. The lowest BCUT2D eigenvalue weighted by Crippen LogP contribution is -2.43. The molecular weight excluding hydrogens is 328 g/mol. The van der Waals surface area contributed by atoms with Gasteiger partial charge in [0, 0.05) is 0 Å². The molecule has 0 fully saturated rings. The van der Waals surface area contributed by atoms with E-state index in [1.165, 1.54) is 0 Å². The second-order valence-electron chi connectivity index (χ2n) is 6.19. The fourth-order valence-corrected chi connectivity index (χ4v) is 2.87. The van der Waals surface area contributed by atoms with E-state index < -0.39 is 6.04 Å². The van der Waals surface area contributed by atoms with Gasteiger partial charge in [0.05, 0.1) is 17.0 Å². The third kappa shape index (κ3) is 3.91. The molecule has 3 N–H and O–H groups in total. The number of fused-ring (bicyclic) bond motifs is 1. The number of para-hydroxylation sites is 2. The zero-order chi connectivity index (χ0) is 18.5. The summed E-state index contributed by atoms with van der Waals surface area (Å²) in [4.78, 5) is 32.3. The number of carbonyl (C=O) groups is 2. The minimum Gasteiger partial charge on any atom is -0.344 e. The summed E-state index contributed by atoms with van der Waals surface area (Å²) in [5.41, 5.74) is 2.56. The molecule has 3 aromatic rings. The van der Waals surface area contributed by atoms with E-state index in [2.05, 4.69) is 20.6 Å². The van der Waals surface area contributed by atoms with Crippen molar-refractivity contribution in [1.29, 1.82) is 0 Å². The number of H-pyrrole nitrogens is 1. The number of rotatable bonds is 6. The Morgan fingerprint density at radius 2 is 1.73 bits per heavy atom. The predicted octanol–water partition coefficient (Wildman–Crippen LogP) is 3.20. The highest BCUT2D eigenvalue weighted by Gasteiger charge is 2.23. The second kappa shape index (κ2) is 7.82. The Morgan fingerprint density at radius 1 is 1.04 bits per heavy atom. The van der Waals surface area contributed by atoms with E-state index in [1.807, 2.05) is 61.5 Å². The quantitative estimate of drug-likeness (QED) is 0.638. The molecule has 2 aromatic carbocycles. The smallest absolute Gasteiger partial charge is 0.248 e. The molecule has 0 spiro atoms. The number of amides is 2. The Kier molecular flexibility index (Phi) is 5.31. The van der Waals surface area contributed by atoms with Crippen molar-refractivity contribution in [2.75, 3.05) is 5.32 Å². The molecular formula is C20H22N4O2. The number of nitrogens with zero attached hydrogens (tertiary/aromatic N) is 1. The van der Waals surface area contributed by atoms with Crippen LogP contribution in [-0.2, 0) is 9.59 Å². The van der Waals surface area contributed by atoms with Crippen molar-refractivity contribution >= 4 is 28.8 Å². The average molecular weight is 350 g/mol. The number of anilines is 1. The molecule has 0 saturated carbocycles. The maximum atomic E-state index is 12.6. The molecule has 26 heavy (non-hydrogen) atoms. The van der Waals surface area contributed by atoms with Crippen LogP contribution in [0.1, 0.15) is 31.7 Å². The Bertz CT molecular complexity index is 871. The molecule has 134 valence electrons. The van der Waals surface area contributed by atoms with Gasteiger partial charge in [-0.2, -0.15) is 0 Å². The van der Waals surface area contributed by atoms with E-state index in [-0.39, 0.29) is 17.7 Å². The molecule has 6 nitrogen and oxygen atoms in total. The first kappa shape index (κ1) is 17.7. The summed E-state index contributed by atoms with van der Waals surface area (Å²) >= 11 is 0. The van der Waals surface area contributed by atoms with Gasteiger partial charge in [-0.3, -0.25) is 14.9 Å². The molecule has 0 bridgehead atoms. The molecule has 0 aliphatic heterocycles. The van der Waals surface area contributed by atoms with Gasteiger partial charge < -0.3 is 10.3 Å². The zero-order valence-corrected chi connectivity index (χ0v) is 14.8. The normalized spacial score (nSPS) is 13.2. The number of aromatic nitrogens is 2. The Morgan fingerprint density at radius 3 is 2.42 bits per heavy atom. The summed E-state index contributed by atoms with van der Waals surface area (Å²) in [5.74, 6) is -0.392. The standard InChI is InChI=1S/C20H22N4O2/c1-3-15(14-9-5-4-6-10-14)19(26)21-13(2)18(25)24-20-22-16-11-7-8-12-17(16)23-20/h4-13,15H,3H2,1-2H3,(H,21,26)(H2,22,23,24,25)/t13-,15-/m1/s1. The SMILES string of the molecule is CC[C@@H](C(=O)N[C@H](C)C(=O)Nc1nc2ccccc2[nH]1)c1ccccc1. The van der Waals surface area contributed by atoms with Gasteiger partial charge in [-0.15, -0.1) is 0 Å². The maximum absolute atomic E-state index is 12.6. The van der Waals surface area contributed by atoms with Crippen molar-refractivity contribution in [1.82, 2.24) is 15.3 Å². The molecule has 2 atom stereocenters. The van der Waals surface area contributed by atoms with Gasteiger partial charge in [-0.1, -0.05) is 49.4 Å². The number of imidazole rings is 1. The van der Waals surface area contributed by atoms with Gasteiger partial charge in [-0.05, 0) is 31.0 Å². The summed E-state index contributed by atoms with van der Waals surface area (Å²) in [6.07, 6.45) is 0.660. The topological polar surface area (TPSA) is 86.9 Å². The van der Waals surface area contributed by atoms with Gasteiger partial charge in [0.2, 0.25) is 17.8 Å². The molecule has 0 radical (unpaired) electrons. The van der Waals surface area contributed by atoms with Crippen molar-refractivity contribution < 1.29 is 9.59 Å². The number of hydrogen-bond donors (Lipinski definition) is 3. The van der Waals surface area contributed by atoms with Crippen LogP contribution in [0, 0.1) is 0 Å². The van der Waals surface area contributed by atoms with Gasteiger partial charge in [0.25, 0.3) is 0 Å². The molecule has 0 aliphatic rings. The maximum Gasteiger partial charge on any atom is 0.248 e. The lowest BCUT2D eigenvalue weighted by Gasteiger charge is -2.19. The highest BCUT2D eigenvalue weighted by Crippen LogP contribution is 2.19. The predicted molar refractivity (Wildman–Crippen MR) is 102 cm³/mol. The van der Waals surface area contributed by atoms with Gasteiger partial charge >= 0.3 is 0 Å². The first-order valence-corrected chi connectivity index (χ1v) is 8.69. The molecule has 1 aromatic heterocycles. The number of benzene rings is 2. The van der Waals surface area contributed by atoms with Crippen molar-refractivity contribution in [2.24, 2.45) is 0 Å². The summed E-state index contributed by atoms with van der Waals surface area (Å²) in [5, 5.41) is 5.50. The van der Waals surface area contributed by atoms with Crippen molar-refractivity contribution in [3.63, 3.8) is 0 Å². The van der Waals surface area contributed by atoms with Crippen LogP contribution in [0.15, 0.2) is 54.6 Å². The summed E-state index contributed by atoms with van der Waals surface area (Å²) in [7, 11) is 0. The minimum atomic E-state index is -0.673. The van der Waals surface area contributed by atoms with Crippen LogP contribution in [0.2, 0.25) is 0 Å². The van der Waals surface area contributed by atoms with Crippen LogP contribution in [0.25, 0.3) is 11.0 Å². The summed E-state index contributed by atoms with van der Waals surface area (Å²) in [6, 6.07) is 16.4. The monoisotopic (exact) mass is 350 g/mol. The molecule has 1 heterocycles. The van der Waals surface area contributed by atoms with Crippen LogP contribution < -0.4 is 10.6 Å². The second-order valence-corrected chi connectivity index (χ2v) is 6.19. The van der Waals surface area contributed by atoms with Gasteiger partial charge in [-0.25, -0.2) is 4.98 Å². The van der Waals surface area contributed by atoms with E-state index in [4.69, 9.17) is 0 Å². The highest BCUT2D eigenvalue weighted by molar-refractivity contribution is 5.97. The molecule has 3 rings (SSSR count). The minimum absolute atomic E-state index is 0.161. The third-order valence-electron chi connectivity index (χ3n) is 4.31. The molecule has 0 unspecified atom stereocenters. The summed E-state index contributed by atoms with van der Waals surface area (Å²) in [6.45, 7) is 3.62. The Labute approximate surface area is 152 Å². The van der Waals surface area contributed by atoms with Crippen molar-refractivity contribution in [3.05, 3.63) is 60.2 Å². The van der Waals surface area contributed by atoms with Crippen molar-refractivity contribution in [2.45, 2.75) is 32.2 Å². The van der Waals surface area contributed by atoms with Gasteiger partial charge in [0.15, 0.2) is 0 Å². The molecule has 0 saturated heterocycles. The lowest BCUT2D eigenvalue weighted by atomic mass is 9.95. The van der Waals surface area contributed by atoms with Crippen LogP contribution in [-0.4, -0.2) is 27.8 Å². The first-order valence-electron chi connectivity index (χ1n) is 8.69. The van der Waals surface area contributed by atoms with E-state index >= 15 is 0 Å². The molecule has 6 heteroatoms. The number of hydrogen-bond acceptors (Lipinski definition) is 3. The average Bonchev–Trinajstić information content (AvgIpc) is 3.05.